The Morgan fingerprint density at radius 2 is 1.60 bits per heavy atom. The van der Waals surface area contributed by atoms with E-state index in [-0.39, 0.29) is 47.6 Å². The smallest absolute Gasteiger partial charge is 0.331 e. The van der Waals surface area contributed by atoms with Gasteiger partial charge < -0.3 is 15.3 Å². The summed E-state index contributed by atoms with van der Waals surface area (Å²) in [6.45, 7) is 10.4. The Kier molecular flexibility index (Phi) is 11.6. The third-order valence-electron chi connectivity index (χ3n) is 8.05. The molecule has 0 radical (unpaired) electrons. The molecule has 3 atom stereocenters. The lowest BCUT2D eigenvalue weighted by atomic mass is 9.96. The molecule has 8 heteroatoms. The molecule has 3 rings (SSSR count). The number of benzene rings is 2. The minimum absolute atomic E-state index is 0.0531. The highest BCUT2D eigenvalue weighted by Crippen LogP contribution is 2.21. The van der Waals surface area contributed by atoms with Gasteiger partial charge in [-0.15, -0.1) is 0 Å². The van der Waals surface area contributed by atoms with Crippen LogP contribution in [0.25, 0.3) is 0 Å². The van der Waals surface area contributed by atoms with Gasteiger partial charge in [-0.05, 0) is 51.6 Å². The summed E-state index contributed by atoms with van der Waals surface area (Å²) in [7, 11) is 1.65. The van der Waals surface area contributed by atoms with Crippen molar-refractivity contribution in [3.8, 4) is 0 Å². The Bertz CT molecular complexity index is 1270. The van der Waals surface area contributed by atoms with Crippen LogP contribution in [0, 0.1) is 5.92 Å². The van der Waals surface area contributed by atoms with E-state index in [9.17, 15) is 24.3 Å². The Balaban J connectivity index is 1.89. The van der Waals surface area contributed by atoms with Crippen molar-refractivity contribution in [3.63, 3.8) is 0 Å². The van der Waals surface area contributed by atoms with E-state index in [4.69, 9.17) is 0 Å². The minimum atomic E-state index is -1.04. The van der Waals surface area contributed by atoms with Gasteiger partial charge in [0.05, 0.1) is 12.1 Å². The molecule has 0 aliphatic carbocycles. The molecule has 0 saturated carbocycles. The summed E-state index contributed by atoms with van der Waals surface area (Å²) in [4.78, 5) is 55.8. The number of nitrogens with one attached hydrogen (secondary N) is 1. The van der Waals surface area contributed by atoms with Crippen LogP contribution in [0.5, 0.6) is 0 Å². The van der Waals surface area contributed by atoms with Crippen LogP contribution in [0.1, 0.15) is 75.4 Å². The van der Waals surface area contributed by atoms with Crippen LogP contribution in [0.2, 0.25) is 0 Å². The van der Waals surface area contributed by atoms with E-state index in [1.54, 1.807) is 37.4 Å². The number of piperidine rings is 1. The molecule has 1 aliphatic heterocycles. The largest absolute Gasteiger partial charge is 0.478 e. The molecular formula is C34H45N3O5. The first-order chi connectivity index (χ1) is 19.9. The molecule has 1 saturated heterocycles. The van der Waals surface area contributed by atoms with Crippen molar-refractivity contribution < 1.29 is 24.3 Å². The Morgan fingerprint density at radius 3 is 2.17 bits per heavy atom. The number of ketones is 1. The number of likely N-dealkylation sites (N-methyl/N-ethyl adjacent to an activating group) is 1. The standard InChI is InChI=1S/C34H45N3O5/c1-22(2)30(20-24(5)34(41)42)36(6)33(40)28(35-32(39)29-14-10-11-19-37(29)23(3)4)21-25-15-17-27(18-16-25)31(38)26-12-8-7-9-13-26/h7-9,12-13,15-18,20,22-23,28-30H,10-11,14,19,21H2,1-6H3,(H,35,39)(H,41,42)/b24-20+/t28-,29+,30+/m0/s1. The molecule has 0 unspecified atom stereocenters. The average molecular weight is 576 g/mol. The molecule has 0 spiro atoms. The molecule has 2 aromatic carbocycles. The summed E-state index contributed by atoms with van der Waals surface area (Å²) in [6, 6.07) is 14.7. The van der Waals surface area contributed by atoms with Crippen LogP contribution in [0.4, 0.5) is 0 Å². The first kappa shape index (κ1) is 32.7. The fourth-order valence-corrected chi connectivity index (χ4v) is 5.58. The normalized spacial score (nSPS) is 17.5. The van der Waals surface area contributed by atoms with Crippen LogP contribution in [-0.2, 0) is 20.8 Å². The number of likely N-dealkylation sites (tertiary alicyclic amines) is 1. The van der Waals surface area contributed by atoms with E-state index in [1.807, 2.05) is 44.2 Å². The molecule has 2 amide bonds. The zero-order chi connectivity index (χ0) is 31.0. The molecular weight excluding hydrogens is 530 g/mol. The molecule has 1 aliphatic rings. The van der Waals surface area contributed by atoms with Gasteiger partial charge >= 0.3 is 5.97 Å². The van der Waals surface area contributed by atoms with Gasteiger partial charge in [-0.3, -0.25) is 19.3 Å². The SMILES string of the molecule is C/C(=C\[C@H](C(C)C)N(C)C(=O)[C@H](Cc1ccc(C(=O)c2ccccc2)cc1)NC(=O)[C@H]1CCCCN1C(C)C)C(=O)O. The van der Waals surface area contributed by atoms with Gasteiger partial charge in [-0.25, -0.2) is 4.79 Å². The van der Waals surface area contributed by atoms with Gasteiger partial charge in [0.15, 0.2) is 5.78 Å². The second kappa shape index (κ2) is 14.9. The zero-order valence-corrected chi connectivity index (χ0v) is 25.7. The summed E-state index contributed by atoms with van der Waals surface area (Å²) >= 11 is 0. The van der Waals surface area contributed by atoms with Crippen molar-refractivity contribution in [3.05, 3.63) is 82.9 Å². The van der Waals surface area contributed by atoms with Gasteiger partial charge in [0, 0.05) is 36.2 Å². The molecule has 1 fully saturated rings. The maximum absolute atomic E-state index is 14.0. The van der Waals surface area contributed by atoms with E-state index < -0.39 is 18.1 Å². The Hall–Kier alpha value is -3.78. The first-order valence-electron chi connectivity index (χ1n) is 14.8. The van der Waals surface area contributed by atoms with Gasteiger partial charge in [-0.1, -0.05) is 80.9 Å². The number of nitrogens with zero attached hydrogens (tertiary/aromatic N) is 2. The topological polar surface area (TPSA) is 107 Å². The minimum Gasteiger partial charge on any atom is -0.478 e. The number of carboxylic acids is 1. The number of amides is 2. The van der Waals surface area contributed by atoms with Crippen LogP contribution in [0.15, 0.2) is 66.2 Å². The van der Waals surface area contributed by atoms with Crippen molar-refractivity contribution in [2.45, 2.75) is 84.5 Å². The number of carbonyl (C=O) groups excluding carboxylic acids is 3. The van der Waals surface area contributed by atoms with E-state index in [0.29, 0.717) is 11.1 Å². The molecule has 0 aromatic heterocycles. The molecule has 226 valence electrons. The van der Waals surface area contributed by atoms with Crippen molar-refractivity contribution in [2.75, 3.05) is 13.6 Å². The van der Waals surface area contributed by atoms with Gasteiger partial charge in [0.2, 0.25) is 11.8 Å². The maximum Gasteiger partial charge on any atom is 0.331 e. The predicted molar refractivity (Wildman–Crippen MR) is 164 cm³/mol. The number of rotatable bonds is 12. The molecule has 2 aromatic rings. The number of carboxylic acid groups (broad SMARTS) is 1. The summed E-state index contributed by atoms with van der Waals surface area (Å²) in [6.07, 6.45) is 4.54. The number of hydrogen-bond donors (Lipinski definition) is 2. The second-order valence-corrected chi connectivity index (χ2v) is 11.8. The molecule has 8 nitrogen and oxygen atoms in total. The van der Waals surface area contributed by atoms with Gasteiger partial charge in [-0.2, -0.15) is 0 Å². The van der Waals surface area contributed by atoms with E-state index in [2.05, 4.69) is 24.1 Å². The van der Waals surface area contributed by atoms with Crippen LogP contribution in [-0.4, -0.2) is 76.2 Å². The Labute approximate surface area is 249 Å². The van der Waals surface area contributed by atoms with Crippen molar-refractivity contribution in [1.29, 1.82) is 0 Å². The first-order valence-corrected chi connectivity index (χ1v) is 14.8. The highest BCUT2D eigenvalue weighted by molar-refractivity contribution is 6.09. The third-order valence-corrected chi connectivity index (χ3v) is 8.05. The Morgan fingerprint density at radius 1 is 0.976 bits per heavy atom. The van der Waals surface area contributed by atoms with Crippen LogP contribution in [0.3, 0.4) is 0 Å². The van der Waals surface area contributed by atoms with Gasteiger partial charge in [0.25, 0.3) is 0 Å². The van der Waals surface area contributed by atoms with Crippen molar-refractivity contribution in [2.24, 2.45) is 5.92 Å². The maximum atomic E-state index is 14.0. The molecule has 42 heavy (non-hydrogen) atoms. The lowest BCUT2D eigenvalue weighted by Gasteiger charge is -2.38. The van der Waals surface area contributed by atoms with Crippen molar-refractivity contribution >= 4 is 23.6 Å². The van der Waals surface area contributed by atoms with Gasteiger partial charge in [0.1, 0.15) is 6.04 Å². The molecule has 0 bridgehead atoms. The average Bonchev–Trinajstić information content (AvgIpc) is 2.98. The highest BCUT2D eigenvalue weighted by atomic mass is 16.4. The van der Waals surface area contributed by atoms with E-state index >= 15 is 0 Å². The number of aliphatic carboxylic acids is 1. The summed E-state index contributed by atoms with van der Waals surface area (Å²) in [5.41, 5.74) is 2.09. The van der Waals surface area contributed by atoms with Crippen molar-refractivity contribution in [1.82, 2.24) is 15.1 Å². The molecule has 2 N–H and O–H groups in total. The lowest BCUT2D eigenvalue weighted by molar-refractivity contribution is -0.139. The predicted octanol–water partition coefficient (Wildman–Crippen LogP) is 4.72. The molecule has 1 heterocycles. The second-order valence-electron chi connectivity index (χ2n) is 11.8. The third kappa shape index (κ3) is 8.38. The highest BCUT2D eigenvalue weighted by Gasteiger charge is 2.35. The lowest BCUT2D eigenvalue weighted by Crippen LogP contribution is -2.58. The van der Waals surface area contributed by atoms with Crippen LogP contribution < -0.4 is 5.32 Å². The van der Waals surface area contributed by atoms with E-state index in [0.717, 1.165) is 31.4 Å². The van der Waals surface area contributed by atoms with E-state index in [1.165, 1.54) is 11.8 Å². The van der Waals surface area contributed by atoms with Crippen LogP contribution >= 0.6 is 0 Å². The summed E-state index contributed by atoms with van der Waals surface area (Å²) in [5, 5.41) is 12.5. The fourth-order valence-electron chi connectivity index (χ4n) is 5.58. The monoisotopic (exact) mass is 575 g/mol. The quantitative estimate of drug-likeness (QED) is 0.280. The summed E-state index contributed by atoms with van der Waals surface area (Å²) in [5.74, 6) is -1.66. The number of carbonyl (C=O) groups is 4. The summed E-state index contributed by atoms with van der Waals surface area (Å²) < 4.78 is 0. The zero-order valence-electron chi connectivity index (χ0n) is 25.7. The fraction of sp³-hybridized carbons (Fsp3) is 0.471. The number of hydrogen-bond acceptors (Lipinski definition) is 5.